The lowest BCUT2D eigenvalue weighted by Gasteiger charge is -2.21. The zero-order valence-electron chi connectivity index (χ0n) is 11.9. The van der Waals surface area contributed by atoms with E-state index in [2.05, 4.69) is 4.98 Å². The van der Waals surface area contributed by atoms with E-state index in [0.29, 0.717) is 0 Å². The maximum atomic E-state index is 12.2. The van der Waals surface area contributed by atoms with Crippen LogP contribution in [0.2, 0.25) is 0 Å². The third-order valence-electron chi connectivity index (χ3n) is 3.09. The number of nitrogen functional groups attached to an aromatic ring is 1. The molecule has 0 radical (unpaired) electrons. The van der Waals surface area contributed by atoms with E-state index in [9.17, 15) is 4.79 Å². The highest BCUT2D eigenvalue weighted by molar-refractivity contribution is 8.02. The molecular formula is C14H19N3OS2. The first kappa shape index (κ1) is 15.1. The molecule has 0 saturated carbocycles. The lowest BCUT2D eigenvalue weighted by atomic mass is 10.3. The fourth-order valence-electron chi connectivity index (χ4n) is 1.96. The summed E-state index contributed by atoms with van der Waals surface area (Å²) in [5.74, 6) is 0.166. The van der Waals surface area contributed by atoms with Crippen molar-refractivity contribution < 1.29 is 4.79 Å². The SMILES string of the molecule is CCN(CC)C(=O)C(C)Sc1nc2ccc(N)cc2s1. The van der Waals surface area contributed by atoms with E-state index >= 15 is 0 Å². The van der Waals surface area contributed by atoms with Gasteiger partial charge in [0.05, 0.1) is 15.5 Å². The highest BCUT2D eigenvalue weighted by Crippen LogP contribution is 2.33. The molecule has 2 N–H and O–H groups in total. The summed E-state index contributed by atoms with van der Waals surface area (Å²) >= 11 is 3.10. The summed E-state index contributed by atoms with van der Waals surface area (Å²) in [5.41, 5.74) is 7.45. The fourth-order valence-corrected chi connectivity index (χ4v) is 4.31. The van der Waals surface area contributed by atoms with Crippen molar-refractivity contribution in [2.45, 2.75) is 30.4 Å². The Bertz CT molecular complexity index is 607. The van der Waals surface area contributed by atoms with Gasteiger partial charge in [-0.1, -0.05) is 11.8 Å². The molecule has 108 valence electrons. The first-order valence-corrected chi connectivity index (χ1v) is 8.36. The van der Waals surface area contributed by atoms with Crippen molar-refractivity contribution >= 4 is 44.9 Å². The lowest BCUT2D eigenvalue weighted by molar-refractivity contribution is -0.129. The third kappa shape index (κ3) is 3.24. The number of fused-ring (bicyclic) bond motifs is 1. The number of carbonyl (C=O) groups is 1. The van der Waals surface area contributed by atoms with E-state index in [1.165, 1.54) is 11.8 Å². The number of carbonyl (C=O) groups excluding carboxylic acids is 1. The van der Waals surface area contributed by atoms with Gasteiger partial charge in [0.25, 0.3) is 0 Å². The van der Waals surface area contributed by atoms with Crippen LogP contribution in [-0.4, -0.2) is 34.1 Å². The molecule has 2 rings (SSSR count). The molecule has 1 amide bonds. The second-order valence-electron chi connectivity index (χ2n) is 4.48. The average molecular weight is 309 g/mol. The van der Waals surface area contributed by atoms with Gasteiger partial charge in [-0.3, -0.25) is 4.79 Å². The molecule has 2 aromatic rings. The maximum Gasteiger partial charge on any atom is 0.235 e. The largest absolute Gasteiger partial charge is 0.399 e. The molecule has 1 heterocycles. The van der Waals surface area contributed by atoms with Gasteiger partial charge in [-0.05, 0) is 39.0 Å². The lowest BCUT2D eigenvalue weighted by Crippen LogP contribution is -2.36. The van der Waals surface area contributed by atoms with Crippen molar-refractivity contribution in [1.29, 1.82) is 0 Å². The average Bonchev–Trinajstić information content (AvgIpc) is 2.81. The quantitative estimate of drug-likeness (QED) is 0.680. The van der Waals surface area contributed by atoms with Crippen LogP contribution in [-0.2, 0) is 4.79 Å². The van der Waals surface area contributed by atoms with Crippen LogP contribution < -0.4 is 5.73 Å². The Morgan fingerprint density at radius 3 is 2.80 bits per heavy atom. The van der Waals surface area contributed by atoms with Crippen LogP contribution in [0.5, 0.6) is 0 Å². The standard InChI is InChI=1S/C14H19N3OS2/c1-4-17(5-2)13(18)9(3)19-14-16-11-7-6-10(15)8-12(11)20-14/h6-9H,4-5,15H2,1-3H3. The van der Waals surface area contributed by atoms with Gasteiger partial charge in [-0.2, -0.15) is 0 Å². The van der Waals surface area contributed by atoms with Gasteiger partial charge in [0.1, 0.15) is 0 Å². The van der Waals surface area contributed by atoms with Crippen LogP contribution >= 0.6 is 23.1 Å². The van der Waals surface area contributed by atoms with E-state index in [1.54, 1.807) is 11.3 Å². The highest BCUT2D eigenvalue weighted by Gasteiger charge is 2.20. The normalized spacial score (nSPS) is 12.6. The predicted octanol–water partition coefficient (Wildman–Crippen LogP) is 3.23. The van der Waals surface area contributed by atoms with Crippen molar-refractivity contribution in [2.24, 2.45) is 0 Å². The van der Waals surface area contributed by atoms with Crippen molar-refractivity contribution in [3.8, 4) is 0 Å². The molecule has 0 fully saturated rings. The van der Waals surface area contributed by atoms with Gasteiger partial charge in [0.15, 0.2) is 4.34 Å². The van der Waals surface area contributed by atoms with Crippen LogP contribution in [0.3, 0.4) is 0 Å². The van der Waals surface area contributed by atoms with Crippen LogP contribution in [0, 0.1) is 0 Å². The Labute approximate surface area is 127 Å². The molecule has 6 heteroatoms. The monoisotopic (exact) mass is 309 g/mol. The minimum atomic E-state index is -0.118. The molecule has 0 spiro atoms. The summed E-state index contributed by atoms with van der Waals surface area (Å²) in [6.45, 7) is 7.43. The number of thiazole rings is 1. The van der Waals surface area contributed by atoms with Gasteiger partial charge in [0.2, 0.25) is 5.91 Å². The van der Waals surface area contributed by atoms with E-state index in [0.717, 1.165) is 33.3 Å². The molecule has 20 heavy (non-hydrogen) atoms. The number of amides is 1. The predicted molar refractivity (Wildman–Crippen MR) is 87.3 cm³/mol. The Kier molecular flexibility index (Phi) is 4.88. The Hall–Kier alpha value is -1.27. The summed E-state index contributed by atoms with van der Waals surface area (Å²) < 4.78 is 1.98. The summed E-state index contributed by atoms with van der Waals surface area (Å²) in [5, 5.41) is -0.118. The summed E-state index contributed by atoms with van der Waals surface area (Å²) in [6.07, 6.45) is 0. The van der Waals surface area contributed by atoms with E-state index in [1.807, 2.05) is 43.9 Å². The van der Waals surface area contributed by atoms with Crippen molar-refractivity contribution in [2.75, 3.05) is 18.8 Å². The number of nitrogens with two attached hydrogens (primary N) is 1. The van der Waals surface area contributed by atoms with Crippen LogP contribution in [0.15, 0.2) is 22.5 Å². The maximum absolute atomic E-state index is 12.2. The number of anilines is 1. The summed E-state index contributed by atoms with van der Waals surface area (Å²) in [7, 11) is 0. The van der Waals surface area contributed by atoms with Gasteiger partial charge < -0.3 is 10.6 Å². The Balaban J connectivity index is 2.13. The second kappa shape index (κ2) is 6.45. The van der Waals surface area contributed by atoms with Crippen LogP contribution in [0.25, 0.3) is 10.2 Å². The zero-order chi connectivity index (χ0) is 14.7. The third-order valence-corrected chi connectivity index (χ3v) is 5.29. The van der Waals surface area contributed by atoms with Crippen LogP contribution in [0.1, 0.15) is 20.8 Å². The topological polar surface area (TPSA) is 59.2 Å². The van der Waals surface area contributed by atoms with Gasteiger partial charge in [0, 0.05) is 18.8 Å². The van der Waals surface area contributed by atoms with E-state index in [-0.39, 0.29) is 11.2 Å². The number of thioether (sulfide) groups is 1. The molecule has 1 unspecified atom stereocenters. The molecular weight excluding hydrogens is 290 g/mol. The van der Waals surface area contributed by atoms with Gasteiger partial charge >= 0.3 is 0 Å². The molecule has 1 aromatic heterocycles. The molecule has 0 bridgehead atoms. The molecule has 0 aliphatic rings. The van der Waals surface area contributed by atoms with Crippen molar-refractivity contribution in [1.82, 2.24) is 9.88 Å². The Morgan fingerprint density at radius 1 is 1.45 bits per heavy atom. The molecule has 4 nitrogen and oxygen atoms in total. The van der Waals surface area contributed by atoms with E-state index in [4.69, 9.17) is 5.73 Å². The number of hydrogen-bond acceptors (Lipinski definition) is 5. The van der Waals surface area contributed by atoms with Crippen molar-refractivity contribution in [3.63, 3.8) is 0 Å². The zero-order valence-corrected chi connectivity index (χ0v) is 13.6. The van der Waals surface area contributed by atoms with Gasteiger partial charge in [-0.25, -0.2) is 4.98 Å². The first-order valence-electron chi connectivity index (χ1n) is 6.66. The smallest absolute Gasteiger partial charge is 0.235 e. The molecule has 1 atom stereocenters. The fraction of sp³-hybridized carbons (Fsp3) is 0.429. The van der Waals surface area contributed by atoms with Crippen LogP contribution in [0.4, 0.5) is 5.69 Å². The number of rotatable bonds is 5. The number of nitrogens with zero attached hydrogens (tertiary/aromatic N) is 2. The molecule has 0 saturated heterocycles. The molecule has 0 aliphatic heterocycles. The highest BCUT2D eigenvalue weighted by atomic mass is 32.2. The summed E-state index contributed by atoms with van der Waals surface area (Å²) in [4.78, 5) is 18.6. The second-order valence-corrected chi connectivity index (χ2v) is 7.10. The number of hydrogen-bond donors (Lipinski definition) is 1. The van der Waals surface area contributed by atoms with E-state index < -0.39 is 0 Å². The minimum Gasteiger partial charge on any atom is -0.399 e. The number of aromatic nitrogens is 1. The summed E-state index contributed by atoms with van der Waals surface area (Å²) in [6, 6.07) is 5.69. The molecule has 0 aliphatic carbocycles. The Morgan fingerprint density at radius 2 is 2.15 bits per heavy atom. The van der Waals surface area contributed by atoms with Crippen molar-refractivity contribution in [3.05, 3.63) is 18.2 Å². The molecule has 1 aromatic carbocycles. The number of benzene rings is 1. The minimum absolute atomic E-state index is 0.118. The van der Waals surface area contributed by atoms with Gasteiger partial charge in [-0.15, -0.1) is 11.3 Å². The first-order chi connectivity index (χ1) is 9.55.